The molecule has 1 amide bonds. The molecule has 4 rings (SSSR count). The largest absolute Gasteiger partial charge is 0.353 e. The summed E-state index contributed by atoms with van der Waals surface area (Å²) < 4.78 is 0. The van der Waals surface area contributed by atoms with E-state index >= 15 is 0 Å². The molecule has 30 heavy (non-hydrogen) atoms. The van der Waals surface area contributed by atoms with Gasteiger partial charge >= 0.3 is 0 Å². The van der Waals surface area contributed by atoms with Gasteiger partial charge in [0.15, 0.2) is 11.6 Å². The molecule has 2 saturated heterocycles. The van der Waals surface area contributed by atoms with Crippen molar-refractivity contribution in [1.82, 2.24) is 20.0 Å². The van der Waals surface area contributed by atoms with Crippen LogP contribution in [0.5, 0.6) is 0 Å². The number of carbonyl (C=O) groups excluding carboxylic acids is 1. The quantitative estimate of drug-likeness (QED) is 0.716. The van der Waals surface area contributed by atoms with E-state index in [4.69, 9.17) is 23.2 Å². The molecule has 2 fully saturated rings. The molecule has 9 heteroatoms. The van der Waals surface area contributed by atoms with Crippen molar-refractivity contribution in [2.45, 2.75) is 6.92 Å². The zero-order valence-corrected chi connectivity index (χ0v) is 18.6. The summed E-state index contributed by atoms with van der Waals surface area (Å²) in [6.07, 6.45) is 0. The summed E-state index contributed by atoms with van der Waals surface area (Å²) in [6.45, 7) is 10.0. The molecule has 0 bridgehead atoms. The number of rotatable bonds is 4. The van der Waals surface area contributed by atoms with E-state index in [1.807, 2.05) is 11.0 Å². The van der Waals surface area contributed by atoms with E-state index in [-0.39, 0.29) is 5.91 Å². The molecule has 0 aliphatic carbocycles. The lowest BCUT2D eigenvalue weighted by molar-refractivity contribution is 0.0746. The van der Waals surface area contributed by atoms with E-state index in [9.17, 15) is 4.79 Å². The van der Waals surface area contributed by atoms with E-state index in [0.717, 1.165) is 44.4 Å². The minimum absolute atomic E-state index is 0.0658. The fourth-order valence-corrected chi connectivity index (χ4v) is 4.41. The molecule has 1 aromatic carbocycles. The second-order valence-electron chi connectivity index (χ2n) is 7.57. The highest BCUT2D eigenvalue weighted by Gasteiger charge is 2.25. The topological polar surface area (TPSA) is 55.8 Å². The summed E-state index contributed by atoms with van der Waals surface area (Å²) in [5.41, 5.74) is 0.488. The Morgan fingerprint density at radius 1 is 0.867 bits per heavy atom. The molecule has 7 nitrogen and oxygen atoms in total. The fraction of sp³-hybridized carbons (Fsp3) is 0.476. The standard InChI is InChI=1S/C21H26Cl2N6O/c1-2-26-7-9-27(10-8-26)19-5-6-20(25-24-19)28-11-13-29(14-12-28)21(30)17-4-3-16(22)15-18(17)23/h3-6,15H,2,7-14H2,1H3. The predicted octanol–water partition coefficient (Wildman–Crippen LogP) is 2.89. The van der Waals surface area contributed by atoms with Gasteiger partial charge in [-0.15, -0.1) is 10.2 Å². The minimum atomic E-state index is -0.0658. The molecule has 2 aromatic rings. The molecular weight excluding hydrogens is 423 g/mol. The summed E-state index contributed by atoms with van der Waals surface area (Å²) in [4.78, 5) is 21.5. The lowest BCUT2D eigenvalue weighted by atomic mass is 10.1. The van der Waals surface area contributed by atoms with Gasteiger partial charge in [-0.25, -0.2) is 0 Å². The highest BCUT2D eigenvalue weighted by molar-refractivity contribution is 6.36. The van der Waals surface area contributed by atoms with Gasteiger partial charge in [0, 0.05) is 57.4 Å². The number of likely N-dealkylation sites (N-methyl/N-ethyl adjacent to an activating group) is 1. The summed E-state index contributed by atoms with van der Waals surface area (Å²) in [5.74, 6) is 1.72. The average Bonchev–Trinajstić information content (AvgIpc) is 2.79. The number of halogens is 2. The van der Waals surface area contributed by atoms with Crippen LogP contribution < -0.4 is 9.80 Å². The Kier molecular flexibility index (Phi) is 6.61. The van der Waals surface area contributed by atoms with Crippen LogP contribution in [0, 0.1) is 0 Å². The van der Waals surface area contributed by atoms with Gasteiger partial charge in [0.05, 0.1) is 10.6 Å². The normalized spacial score (nSPS) is 18.0. The van der Waals surface area contributed by atoms with Crippen LogP contribution in [0.15, 0.2) is 30.3 Å². The Labute approximate surface area is 187 Å². The maximum atomic E-state index is 12.8. The first-order chi connectivity index (χ1) is 14.5. The van der Waals surface area contributed by atoms with Gasteiger partial charge < -0.3 is 19.6 Å². The summed E-state index contributed by atoms with van der Waals surface area (Å²) >= 11 is 12.1. The van der Waals surface area contributed by atoms with Crippen LogP contribution in [-0.2, 0) is 0 Å². The van der Waals surface area contributed by atoms with Crippen molar-refractivity contribution in [3.63, 3.8) is 0 Å². The molecule has 1 aromatic heterocycles. The second-order valence-corrected chi connectivity index (χ2v) is 8.42. The molecule has 2 aliphatic rings. The third kappa shape index (κ3) is 4.63. The molecule has 3 heterocycles. The molecule has 160 valence electrons. The van der Waals surface area contributed by atoms with Crippen molar-refractivity contribution in [3.8, 4) is 0 Å². The molecule has 0 atom stereocenters. The minimum Gasteiger partial charge on any atom is -0.353 e. The number of nitrogens with zero attached hydrogens (tertiary/aromatic N) is 6. The number of aromatic nitrogens is 2. The van der Waals surface area contributed by atoms with Gasteiger partial charge in [0.25, 0.3) is 5.91 Å². The van der Waals surface area contributed by atoms with Gasteiger partial charge in [0.2, 0.25) is 0 Å². The number of hydrogen-bond donors (Lipinski definition) is 0. The maximum absolute atomic E-state index is 12.8. The third-order valence-electron chi connectivity index (χ3n) is 5.83. The molecule has 0 N–H and O–H groups in total. The molecule has 2 aliphatic heterocycles. The monoisotopic (exact) mass is 448 g/mol. The first-order valence-corrected chi connectivity index (χ1v) is 11.1. The van der Waals surface area contributed by atoms with Crippen LogP contribution in [0.3, 0.4) is 0 Å². The molecule has 0 spiro atoms. The first-order valence-electron chi connectivity index (χ1n) is 10.4. The zero-order valence-electron chi connectivity index (χ0n) is 17.1. The van der Waals surface area contributed by atoms with E-state index in [1.165, 1.54) is 0 Å². The smallest absolute Gasteiger partial charge is 0.255 e. The van der Waals surface area contributed by atoms with Crippen LogP contribution in [-0.4, -0.2) is 84.8 Å². The SMILES string of the molecule is CCN1CCN(c2ccc(N3CCN(C(=O)c4ccc(Cl)cc4Cl)CC3)nn2)CC1. The highest BCUT2D eigenvalue weighted by atomic mass is 35.5. The van der Waals surface area contributed by atoms with E-state index in [0.29, 0.717) is 41.8 Å². The number of piperazine rings is 2. The van der Waals surface area contributed by atoms with Gasteiger partial charge in [-0.05, 0) is 36.9 Å². The number of hydrogen-bond acceptors (Lipinski definition) is 6. The van der Waals surface area contributed by atoms with Crippen LogP contribution in [0.2, 0.25) is 10.0 Å². The van der Waals surface area contributed by atoms with Gasteiger partial charge in [0.1, 0.15) is 0 Å². The van der Waals surface area contributed by atoms with E-state index in [1.54, 1.807) is 18.2 Å². The highest BCUT2D eigenvalue weighted by Crippen LogP contribution is 2.24. The molecule has 0 saturated carbocycles. The average molecular weight is 449 g/mol. The van der Waals surface area contributed by atoms with Crippen molar-refractivity contribution in [3.05, 3.63) is 45.9 Å². The fourth-order valence-electron chi connectivity index (χ4n) is 3.92. The Morgan fingerprint density at radius 2 is 1.43 bits per heavy atom. The van der Waals surface area contributed by atoms with Crippen molar-refractivity contribution in [1.29, 1.82) is 0 Å². The molecular formula is C21H26Cl2N6O. The van der Waals surface area contributed by atoms with E-state index in [2.05, 4.69) is 37.9 Å². The van der Waals surface area contributed by atoms with Gasteiger partial charge in [-0.2, -0.15) is 0 Å². The van der Waals surface area contributed by atoms with Crippen molar-refractivity contribution in [2.75, 3.05) is 68.7 Å². The number of amides is 1. The maximum Gasteiger partial charge on any atom is 0.255 e. The van der Waals surface area contributed by atoms with Crippen LogP contribution in [0.4, 0.5) is 11.6 Å². The third-order valence-corrected chi connectivity index (χ3v) is 6.38. The summed E-state index contributed by atoms with van der Waals surface area (Å²) in [7, 11) is 0. The summed E-state index contributed by atoms with van der Waals surface area (Å²) in [6, 6.07) is 9.06. The summed E-state index contributed by atoms with van der Waals surface area (Å²) in [5, 5.41) is 9.81. The second kappa shape index (κ2) is 9.37. The Bertz CT molecular complexity index is 878. The Balaban J connectivity index is 1.33. The van der Waals surface area contributed by atoms with Crippen LogP contribution in [0.25, 0.3) is 0 Å². The lowest BCUT2D eigenvalue weighted by Gasteiger charge is -2.36. The van der Waals surface area contributed by atoms with Crippen molar-refractivity contribution < 1.29 is 4.79 Å². The van der Waals surface area contributed by atoms with Crippen molar-refractivity contribution >= 4 is 40.7 Å². The first kappa shape index (κ1) is 21.2. The Morgan fingerprint density at radius 3 is 1.93 bits per heavy atom. The lowest BCUT2D eigenvalue weighted by Crippen LogP contribution is -2.49. The van der Waals surface area contributed by atoms with Gasteiger partial charge in [-0.1, -0.05) is 30.1 Å². The zero-order chi connectivity index (χ0) is 21.1. The van der Waals surface area contributed by atoms with Crippen LogP contribution >= 0.6 is 23.2 Å². The van der Waals surface area contributed by atoms with Gasteiger partial charge in [-0.3, -0.25) is 4.79 Å². The molecule has 0 radical (unpaired) electrons. The number of anilines is 2. The number of benzene rings is 1. The Hall–Kier alpha value is -2.09. The molecule has 0 unspecified atom stereocenters. The number of carbonyl (C=O) groups is 1. The predicted molar refractivity (Wildman–Crippen MR) is 121 cm³/mol. The van der Waals surface area contributed by atoms with Crippen molar-refractivity contribution in [2.24, 2.45) is 0 Å². The van der Waals surface area contributed by atoms with E-state index < -0.39 is 0 Å². The van der Waals surface area contributed by atoms with Crippen LogP contribution in [0.1, 0.15) is 17.3 Å².